The van der Waals surface area contributed by atoms with Gasteiger partial charge in [0.15, 0.2) is 0 Å². The summed E-state index contributed by atoms with van der Waals surface area (Å²) in [5.41, 5.74) is 3.82. The van der Waals surface area contributed by atoms with Crippen molar-refractivity contribution >= 4 is 44.9 Å². The number of carbonyl (C=O) groups is 1. The summed E-state index contributed by atoms with van der Waals surface area (Å²) in [5, 5.41) is 8.30. The Morgan fingerprint density at radius 1 is 0.944 bits per heavy atom. The van der Waals surface area contributed by atoms with E-state index in [2.05, 4.69) is 10.4 Å². The van der Waals surface area contributed by atoms with E-state index in [9.17, 15) is 4.79 Å². The molecule has 0 aliphatic rings. The van der Waals surface area contributed by atoms with Crippen molar-refractivity contribution in [1.29, 1.82) is 0 Å². The summed E-state index contributed by atoms with van der Waals surface area (Å²) in [5.74, 6) is 1.81. The molecule has 5 rings (SSSR count). The molecule has 0 radical (unpaired) electrons. The van der Waals surface area contributed by atoms with E-state index in [0.29, 0.717) is 16.5 Å². The lowest BCUT2D eigenvalue weighted by molar-refractivity contribution is -0.111. The highest BCUT2D eigenvalue weighted by molar-refractivity contribution is 7.20. The first-order chi connectivity index (χ1) is 17.5. The number of fused-ring (bicyclic) bond motifs is 1. The topological polar surface area (TPSA) is 78.3 Å². The van der Waals surface area contributed by atoms with Crippen LogP contribution in [0.5, 0.6) is 11.5 Å². The summed E-state index contributed by atoms with van der Waals surface area (Å²) in [6, 6.07) is 24.7. The molecule has 2 aromatic heterocycles. The first-order valence-electron chi connectivity index (χ1n) is 11.3. The Morgan fingerprint density at radius 2 is 1.67 bits per heavy atom. The van der Waals surface area contributed by atoms with Crippen molar-refractivity contribution in [2.45, 2.75) is 6.92 Å². The van der Waals surface area contributed by atoms with Crippen LogP contribution in [-0.2, 0) is 4.79 Å². The lowest BCUT2D eigenvalue weighted by atomic mass is 10.0. The Bertz CT molecular complexity index is 1550. The van der Waals surface area contributed by atoms with Crippen molar-refractivity contribution in [3.8, 4) is 16.6 Å². The summed E-state index contributed by atoms with van der Waals surface area (Å²) in [6.07, 6.45) is 1.86. The molecule has 180 valence electrons. The van der Waals surface area contributed by atoms with Gasteiger partial charge in [0.2, 0.25) is 5.13 Å². The number of hydrogen-bond donors (Lipinski definition) is 1. The third-order valence-corrected chi connectivity index (χ3v) is 6.59. The number of benzene rings is 3. The normalized spacial score (nSPS) is 11.5. The van der Waals surface area contributed by atoms with Gasteiger partial charge in [0.05, 0.1) is 30.1 Å². The highest BCUT2D eigenvalue weighted by atomic mass is 32.1. The van der Waals surface area contributed by atoms with Gasteiger partial charge in [-0.15, -0.1) is 0 Å². The highest BCUT2D eigenvalue weighted by Gasteiger charge is 2.18. The molecule has 36 heavy (non-hydrogen) atoms. The van der Waals surface area contributed by atoms with Crippen LogP contribution in [-0.4, -0.2) is 34.9 Å². The van der Waals surface area contributed by atoms with E-state index in [1.807, 2.05) is 91.9 Å². The minimum Gasteiger partial charge on any atom is -0.497 e. The zero-order chi connectivity index (χ0) is 25.1. The van der Waals surface area contributed by atoms with E-state index in [1.54, 1.807) is 18.9 Å². The molecule has 0 spiro atoms. The quantitative estimate of drug-likeness (QED) is 0.221. The number of amides is 1. The van der Waals surface area contributed by atoms with Gasteiger partial charge in [-0.2, -0.15) is 9.78 Å². The summed E-state index contributed by atoms with van der Waals surface area (Å²) in [4.78, 5) is 18.3. The van der Waals surface area contributed by atoms with E-state index >= 15 is 0 Å². The maximum atomic E-state index is 13.6. The molecule has 0 saturated heterocycles. The minimum absolute atomic E-state index is 0.249. The lowest BCUT2D eigenvalue weighted by Crippen LogP contribution is -2.16. The zero-order valence-electron chi connectivity index (χ0n) is 20.1. The van der Waals surface area contributed by atoms with Gasteiger partial charge in [-0.1, -0.05) is 53.8 Å². The van der Waals surface area contributed by atoms with Crippen molar-refractivity contribution in [3.05, 3.63) is 95.7 Å². The fraction of sp³-hybridized carbons (Fsp3) is 0.107. The summed E-state index contributed by atoms with van der Waals surface area (Å²) < 4.78 is 13.2. The first-order valence-corrected chi connectivity index (χ1v) is 12.1. The van der Waals surface area contributed by atoms with Crippen molar-refractivity contribution in [1.82, 2.24) is 14.8 Å². The zero-order valence-corrected chi connectivity index (χ0v) is 20.9. The lowest BCUT2D eigenvalue weighted by Gasteiger charge is -2.11. The Morgan fingerprint density at radius 3 is 2.39 bits per heavy atom. The predicted octanol–water partition coefficient (Wildman–Crippen LogP) is 5.99. The standard InChI is InChI=1S/C28H24N4O3S/c1-18-15-26(32(31-18)28-29-24-14-13-22(35-3)17-25(24)36-28)30-27(33)23(20-7-5-4-6-8-20)16-19-9-11-21(34-2)12-10-19/h4-17H,1-3H3,(H,30,33)/b23-16+. The second-order valence-corrected chi connectivity index (χ2v) is 9.07. The van der Waals surface area contributed by atoms with Crippen molar-refractivity contribution in [2.75, 3.05) is 19.5 Å². The van der Waals surface area contributed by atoms with Crippen molar-refractivity contribution in [2.24, 2.45) is 0 Å². The molecule has 0 fully saturated rings. The molecule has 0 unspecified atom stereocenters. The van der Waals surface area contributed by atoms with Crippen LogP contribution in [0, 0.1) is 6.92 Å². The SMILES string of the molecule is COc1ccc(/C=C(/C(=O)Nc2cc(C)nn2-c2nc3ccc(OC)cc3s2)c2ccccc2)cc1. The number of nitrogens with one attached hydrogen (secondary N) is 1. The second kappa shape index (κ2) is 10.1. The van der Waals surface area contributed by atoms with Crippen LogP contribution in [0.15, 0.2) is 78.9 Å². The van der Waals surface area contributed by atoms with Crippen LogP contribution in [0.3, 0.4) is 0 Å². The molecular formula is C28H24N4O3S. The number of nitrogens with zero attached hydrogens (tertiary/aromatic N) is 3. The maximum absolute atomic E-state index is 13.6. The van der Waals surface area contributed by atoms with Gasteiger partial charge in [-0.25, -0.2) is 4.98 Å². The molecule has 3 aromatic carbocycles. The smallest absolute Gasteiger partial charge is 0.257 e. The fourth-order valence-corrected chi connectivity index (χ4v) is 4.75. The molecule has 0 aliphatic carbocycles. The third-order valence-electron chi connectivity index (χ3n) is 5.59. The maximum Gasteiger partial charge on any atom is 0.257 e. The predicted molar refractivity (Wildman–Crippen MR) is 144 cm³/mol. The van der Waals surface area contributed by atoms with Gasteiger partial charge in [-0.05, 0) is 54.5 Å². The number of aromatic nitrogens is 3. The second-order valence-electron chi connectivity index (χ2n) is 8.06. The van der Waals surface area contributed by atoms with Crippen LogP contribution in [0.25, 0.3) is 27.0 Å². The van der Waals surface area contributed by atoms with Crippen LogP contribution in [0.1, 0.15) is 16.8 Å². The van der Waals surface area contributed by atoms with Crippen LogP contribution in [0.2, 0.25) is 0 Å². The Hall–Kier alpha value is -4.43. The Kier molecular flexibility index (Phi) is 6.51. The Balaban J connectivity index is 1.50. The van der Waals surface area contributed by atoms with Gasteiger partial charge >= 0.3 is 0 Å². The number of methoxy groups -OCH3 is 2. The first kappa shape index (κ1) is 23.3. The summed E-state index contributed by atoms with van der Waals surface area (Å²) in [6.45, 7) is 1.88. The molecule has 5 aromatic rings. The molecule has 0 bridgehead atoms. The van der Waals surface area contributed by atoms with Gasteiger partial charge in [0.1, 0.15) is 17.3 Å². The highest BCUT2D eigenvalue weighted by Crippen LogP contribution is 2.30. The number of carbonyl (C=O) groups excluding carboxylic acids is 1. The number of ether oxygens (including phenoxy) is 2. The largest absolute Gasteiger partial charge is 0.497 e. The molecular weight excluding hydrogens is 472 g/mol. The van der Waals surface area contributed by atoms with Gasteiger partial charge < -0.3 is 14.8 Å². The molecule has 0 saturated carbocycles. The Labute approximate surface area is 212 Å². The molecule has 1 N–H and O–H groups in total. The fourth-order valence-electron chi connectivity index (χ4n) is 3.79. The van der Waals surface area contributed by atoms with Gasteiger partial charge in [0.25, 0.3) is 5.91 Å². The van der Waals surface area contributed by atoms with Crippen LogP contribution in [0.4, 0.5) is 5.82 Å². The van der Waals surface area contributed by atoms with E-state index in [1.165, 1.54) is 11.3 Å². The molecule has 8 heteroatoms. The molecule has 1 amide bonds. The van der Waals surface area contributed by atoms with E-state index in [0.717, 1.165) is 38.5 Å². The average Bonchev–Trinajstić information content (AvgIpc) is 3.50. The average molecular weight is 497 g/mol. The summed E-state index contributed by atoms with van der Waals surface area (Å²) >= 11 is 1.48. The summed E-state index contributed by atoms with van der Waals surface area (Å²) in [7, 11) is 3.26. The molecule has 0 atom stereocenters. The molecule has 0 aliphatic heterocycles. The van der Waals surface area contributed by atoms with Gasteiger partial charge in [-0.3, -0.25) is 4.79 Å². The number of thiazole rings is 1. The monoisotopic (exact) mass is 496 g/mol. The number of hydrogen-bond acceptors (Lipinski definition) is 6. The van der Waals surface area contributed by atoms with Crippen molar-refractivity contribution < 1.29 is 14.3 Å². The van der Waals surface area contributed by atoms with Crippen LogP contribution < -0.4 is 14.8 Å². The van der Waals surface area contributed by atoms with E-state index in [4.69, 9.17) is 14.5 Å². The number of rotatable bonds is 7. The van der Waals surface area contributed by atoms with Gasteiger partial charge in [0, 0.05) is 11.6 Å². The number of anilines is 1. The number of aryl methyl sites for hydroxylation is 1. The van der Waals surface area contributed by atoms with Crippen molar-refractivity contribution in [3.63, 3.8) is 0 Å². The molecule has 2 heterocycles. The third kappa shape index (κ3) is 4.85. The van der Waals surface area contributed by atoms with E-state index < -0.39 is 0 Å². The van der Waals surface area contributed by atoms with E-state index in [-0.39, 0.29) is 5.91 Å². The minimum atomic E-state index is -0.249. The molecule has 7 nitrogen and oxygen atoms in total. The van der Waals surface area contributed by atoms with Crippen LogP contribution >= 0.6 is 11.3 Å².